The Balaban J connectivity index is 1.28. The molecule has 2 amide bonds. The van der Waals surface area contributed by atoms with E-state index in [1.807, 2.05) is 48.7 Å². The van der Waals surface area contributed by atoms with Crippen molar-refractivity contribution in [1.82, 2.24) is 24.5 Å². The molecule has 4 aromatic rings. The number of rotatable bonds is 9. The number of amides is 2. The van der Waals surface area contributed by atoms with Crippen molar-refractivity contribution >= 4 is 28.9 Å². The third-order valence-electron chi connectivity index (χ3n) is 6.79. The van der Waals surface area contributed by atoms with Gasteiger partial charge in [0.05, 0.1) is 36.2 Å². The summed E-state index contributed by atoms with van der Waals surface area (Å²) in [6.45, 7) is 3.97. The molecule has 0 saturated carbocycles. The van der Waals surface area contributed by atoms with Gasteiger partial charge in [-0.15, -0.1) is 0 Å². The van der Waals surface area contributed by atoms with E-state index in [1.54, 1.807) is 28.0 Å². The Labute approximate surface area is 227 Å². The van der Waals surface area contributed by atoms with Gasteiger partial charge >= 0.3 is 6.09 Å². The van der Waals surface area contributed by atoms with Crippen LogP contribution in [0.4, 0.5) is 16.2 Å². The lowest BCUT2D eigenvalue weighted by Crippen LogP contribution is -2.39. The normalized spacial score (nSPS) is 15.2. The summed E-state index contributed by atoms with van der Waals surface area (Å²) in [5.41, 5.74) is 4.90. The van der Waals surface area contributed by atoms with Gasteiger partial charge in [-0.25, -0.2) is 9.31 Å². The van der Waals surface area contributed by atoms with Gasteiger partial charge < -0.3 is 20.3 Å². The Morgan fingerprint density at radius 3 is 2.90 bits per heavy atom. The molecule has 1 atom stereocenters. The second-order valence-corrected chi connectivity index (χ2v) is 9.65. The number of ether oxygens (including phenoxy) is 1. The Bertz CT molecular complexity index is 1420. The minimum absolute atomic E-state index is 0.122. The first-order valence-electron chi connectivity index (χ1n) is 13.4. The highest BCUT2D eigenvalue weighted by Gasteiger charge is 2.27. The van der Waals surface area contributed by atoms with E-state index in [2.05, 4.69) is 27.6 Å². The Morgan fingerprint density at radius 1 is 1.13 bits per heavy atom. The highest BCUT2D eigenvalue weighted by Crippen LogP contribution is 2.30. The number of carbonyl (C=O) groups excluding carboxylic acids is 2. The van der Waals surface area contributed by atoms with E-state index in [1.165, 1.54) is 0 Å². The van der Waals surface area contributed by atoms with Gasteiger partial charge in [0.15, 0.2) is 0 Å². The molecule has 0 spiro atoms. The van der Waals surface area contributed by atoms with Gasteiger partial charge in [-0.2, -0.15) is 5.10 Å². The minimum Gasteiger partial charge on any atom is -0.449 e. The van der Waals surface area contributed by atoms with Crippen molar-refractivity contribution in [2.75, 3.05) is 36.9 Å². The smallest absolute Gasteiger partial charge is 0.409 e. The number of hydrogen-bond donors (Lipinski definition) is 2. The molecule has 0 radical (unpaired) electrons. The van der Waals surface area contributed by atoms with E-state index >= 15 is 0 Å². The van der Waals surface area contributed by atoms with Crippen molar-refractivity contribution in [2.45, 2.75) is 38.5 Å². The third-order valence-corrected chi connectivity index (χ3v) is 6.79. The van der Waals surface area contributed by atoms with Crippen LogP contribution in [0.3, 0.4) is 0 Å². The number of unbranched alkanes of at least 4 members (excludes halogenated alkanes) is 1. The van der Waals surface area contributed by atoms with E-state index < -0.39 is 0 Å². The maximum Gasteiger partial charge on any atom is 0.409 e. The zero-order chi connectivity index (χ0) is 27.0. The monoisotopic (exact) mass is 527 g/mol. The van der Waals surface area contributed by atoms with Crippen LogP contribution >= 0.6 is 0 Å². The molecule has 1 saturated heterocycles. The van der Waals surface area contributed by atoms with Gasteiger partial charge in [0.2, 0.25) is 5.91 Å². The van der Waals surface area contributed by atoms with Gasteiger partial charge in [0, 0.05) is 54.5 Å². The SMILES string of the molecule is CCCCOC(=O)N1CCCC(c2cccc(-c3cnn4ccc(NC(=O)CNc5cccnc5)cc34)n2)C1. The van der Waals surface area contributed by atoms with E-state index in [4.69, 9.17) is 9.72 Å². The Morgan fingerprint density at radius 2 is 2.05 bits per heavy atom. The summed E-state index contributed by atoms with van der Waals surface area (Å²) < 4.78 is 7.20. The molecule has 1 unspecified atom stereocenters. The number of piperidine rings is 1. The predicted octanol–water partition coefficient (Wildman–Crippen LogP) is 4.96. The fraction of sp³-hybridized carbons (Fsp3) is 0.345. The summed E-state index contributed by atoms with van der Waals surface area (Å²) in [6.07, 6.45) is 10.5. The Hall–Kier alpha value is -4.47. The summed E-state index contributed by atoms with van der Waals surface area (Å²) >= 11 is 0. The second kappa shape index (κ2) is 12.4. The number of carbonyl (C=O) groups is 2. The largest absolute Gasteiger partial charge is 0.449 e. The van der Waals surface area contributed by atoms with Crippen molar-refractivity contribution in [2.24, 2.45) is 0 Å². The second-order valence-electron chi connectivity index (χ2n) is 9.65. The minimum atomic E-state index is -0.239. The summed E-state index contributed by atoms with van der Waals surface area (Å²) in [6, 6.07) is 13.4. The molecule has 39 heavy (non-hydrogen) atoms. The fourth-order valence-electron chi connectivity index (χ4n) is 4.72. The van der Waals surface area contributed by atoms with Gasteiger partial charge in [0.25, 0.3) is 0 Å². The summed E-state index contributed by atoms with van der Waals surface area (Å²) in [4.78, 5) is 35.8. The number of fused-ring (bicyclic) bond motifs is 1. The molecule has 202 valence electrons. The lowest BCUT2D eigenvalue weighted by Gasteiger charge is -2.31. The zero-order valence-electron chi connectivity index (χ0n) is 22.0. The van der Waals surface area contributed by atoms with Crippen LogP contribution < -0.4 is 10.6 Å². The maximum absolute atomic E-state index is 12.5. The number of nitrogens with zero attached hydrogens (tertiary/aromatic N) is 5. The van der Waals surface area contributed by atoms with E-state index in [-0.39, 0.29) is 24.5 Å². The molecule has 1 fully saturated rings. The molecule has 0 aliphatic carbocycles. The lowest BCUT2D eigenvalue weighted by molar-refractivity contribution is -0.114. The molecule has 5 rings (SSSR count). The van der Waals surface area contributed by atoms with E-state index in [0.29, 0.717) is 25.4 Å². The quantitative estimate of drug-likeness (QED) is 0.296. The topological polar surface area (TPSA) is 114 Å². The Kier molecular flexibility index (Phi) is 8.30. The first kappa shape index (κ1) is 26.1. The van der Waals surface area contributed by atoms with Crippen LogP contribution in [-0.2, 0) is 9.53 Å². The molecule has 4 aromatic heterocycles. The molecule has 10 heteroatoms. The first-order chi connectivity index (χ1) is 19.1. The average molecular weight is 528 g/mol. The van der Waals surface area contributed by atoms with Crippen molar-refractivity contribution in [3.05, 3.63) is 72.9 Å². The van der Waals surface area contributed by atoms with Gasteiger partial charge in [0.1, 0.15) is 0 Å². The van der Waals surface area contributed by atoms with Crippen LogP contribution in [0.5, 0.6) is 0 Å². The van der Waals surface area contributed by atoms with Crippen molar-refractivity contribution in [1.29, 1.82) is 0 Å². The lowest BCUT2D eigenvalue weighted by atomic mass is 9.94. The van der Waals surface area contributed by atoms with Crippen molar-refractivity contribution in [3.63, 3.8) is 0 Å². The van der Waals surface area contributed by atoms with Crippen LogP contribution in [0.1, 0.15) is 44.2 Å². The van der Waals surface area contributed by atoms with Gasteiger partial charge in [-0.1, -0.05) is 19.4 Å². The average Bonchev–Trinajstić information content (AvgIpc) is 3.40. The molecule has 0 bridgehead atoms. The molecular weight excluding hydrogens is 494 g/mol. The van der Waals surface area contributed by atoms with Crippen molar-refractivity contribution in [3.8, 4) is 11.3 Å². The zero-order valence-corrected chi connectivity index (χ0v) is 22.0. The summed E-state index contributed by atoms with van der Waals surface area (Å²) in [5, 5.41) is 10.5. The molecule has 10 nitrogen and oxygen atoms in total. The summed E-state index contributed by atoms with van der Waals surface area (Å²) in [5.74, 6) is -0.0270. The van der Waals surface area contributed by atoms with Crippen LogP contribution in [0.2, 0.25) is 0 Å². The number of hydrogen-bond acceptors (Lipinski definition) is 7. The van der Waals surface area contributed by atoms with Crippen LogP contribution in [0.25, 0.3) is 16.8 Å². The van der Waals surface area contributed by atoms with E-state index in [9.17, 15) is 9.59 Å². The molecule has 2 N–H and O–H groups in total. The molecule has 5 heterocycles. The van der Waals surface area contributed by atoms with Crippen molar-refractivity contribution < 1.29 is 14.3 Å². The number of likely N-dealkylation sites (tertiary alicyclic amines) is 1. The number of pyridine rings is 3. The first-order valence-corrected chi connectivity index (χ1v) is 13.4. The van der Waals surface area contributed by atoms with Crippen LogP contribution in [-0.4, -0.2) is 62.7 Å². The third kappa shape index (κ3) is 6.51. The van der Waals surface area contributed by atoms with Crippen LogP contribution in [0.15, 0.2) is 67.3 Å². The standard InChI is InChI=1S/C29H33N7O3/c1-2-3-15-39-29(38)35-13-6-7-21(20-35)25-9-4-10-26(34-25)24-18-32-36-14-11-22(16-27(24)36)33-28(37)19-31-23-8-5-12-30-17-23/h4-5,8-12,14,16-18,21,31H,2-3,6-7,13,15,19-20H2,1H3,(H,33,37). The molecule has 0 aromatic carbocycles. The highest BCUT2D eigenvalue weighted by molar-refractivity contribution is 5.95. The molecule has 1 aliphatic heterocycles. The predicted molar refractivity (Wildman–Crippen MR) is 150 cm³/mol. The number of aromatic nitrogens is 4. The number of anilines is 2. The summed E-state index contributed by atoms with van der Waals surface area (Å²) in [7, 11) is 0. The fourth-order valence-corrected chi connectivity index (χ4v) is 4.72. The van der Waals surface area contributed by atoms with Gasteiger partial charge in [-0.3, -0.25) is 14.8 Å². The maximum atomic E-state index is 12.5. The number of nitrogens with one attached hydrogen (secondary N) is 2. The van der Waals surface area contributed by atoms with Gasteiger partial charge in [-0.05, 0) is 55.7 Å². The molecular formula is C29H33N7O3. The molecule has 1 aliphatic rings. The highest BCUT2D eigenvalue weighted by atomic mass is 16.6. The van der Waals surface area contributed by atoms with E-state index in [0.717, 1.165) is 53.8 Å². The van der Waals surface area contributed by atoms with Crippen LogP contribution in [0, 0.1) is 0 Å².